The monoisotopic (exact) mass is 415 g/mol. The number of nitrogens with one attached hydrogen (secondary N) is 1. The van der Waals surface area contributed by atoms with Crippen LogP contribution in [0.3, 0.4) is 0 Å². The maximum atomic E-state index is 12.3. The molecule has 0 atom stereocenters. The van der Waals surface area contributed by atoms with Gasteiger partial charge in [0.2, 0.25) is 5.91 Å². The van der Waals surface area contributed by atoms with Crippen molar-refractivity contribution in [1.82, 2.24) is 0 Å². The minimum absolute atomic E-state index is 0.116. The molecule has 2 nitrogen and oxygen atoms in total. The van der Waals surface area contributed by atoms with Gasteiger partial charge in [-0.15, -0.1) is 0 Å². The van der Waals surface area contributed by atoms with Crippen molar-refractivity contribution in [3.63, 3.8) is 0 Å². The van der Waals surface area contributed by atoms with Crippen molar-refractivity contribution >= 4 is 27.5 Å². The minimum Gasteiger partial charge on any atom is -0.326 e. The Morgan fingerprint density at radius 3 is 2.00 bits per heavy atom. The number of rotatable bonds is 12. The first-order chi connectivity index (χ1) is 12.8. The minimum atomic E-state index is 0.116. The van der Waals surface area contributed by atoms with Crippen LogP contribution in [0.15, 0.2) is 54.6 Å². The lowest BCUT2D eigenvalue weighted by Crippen LogP contribution is -2.11. The smallest absolute Gasteiger partial charge is 0.224 e. The van der Waals surface area contributed by atoms with Crippen molar-refractivity contribution < 1.29 is 4.79 Å². The van der Waals surface area contributed by atoms with Gasteiger partial charge in [-0.25, -0.2) is 0 Å². The number of hydrogen-bond acceptors (Lipinski definition) is 1. The standard InChI is InChI=1S/C23H30BrNO/c24-19-13-6-4-2-1-3-5-10-18-23(26)25-22-17-12-11-16-21(22)20-14-8-7-9-15-20/h7-9,11-12,14-17H,1-6,10,13,18-19H2,(H,25,26). The van der Waals surface area contributed by atoms with E-state index in [2.05, 4.69) is 39.4 Å². The lowest BCUT2D eigenvalue weighted by atomic mass is 10.0. The number of carbonyl (C=O) groups excluding carboxylic acids is 1. The largest absolute Gasteiger partial charge is 0.326 e. The molecule has 0 spiro atoms. The zero-order valence-electron chi connectivity index (χ0n) is 15.6. The lowest BCUT2D eigenvalue weighted by molar-refractivity contribution is -0.116. The number of alkyl halides is 1. The summed E-state index contributed by atoms with van der Waals surface area (Å²) >= 11 is 3.47. The molecule has 2 rings (SSSR count). The van der Waals surface area contributed by atoms with Gasteiger partial charge in [0.05, 0.1) is 0 Å². The van der Waals surface area contributed by atoms with E-state index in [1.165, 1.54) is 38.5 Å². The summed E-state index contributed by atoms with van der Waals surface area (Å²) in [7, 11) is 0. The molecule has 0 unspecified atom stereocenters. The van der Waals surface area contributed by atoms with E-state index in [4.69, 9.17) is 0 Å². The van der Waals surface area contributed by atoms with E-state index in [1.807, 2.05) is 36.4 Å². The molecule has 0 aliphatic heterocycles. The first-order valence-corrected chi connectivity index (χ1v) is 10.9. The number of hydrogen-bond donors (Lipinski definition) is 1. The highest BCUT2D eigenvalue weighted by atomic mass is 79.9. The van der Waals surface area contributed by atoms with Crippen molar-refractivity contribution in [3.05, 3.63) is 54.6 Å². The lowest BCUT2D eigenvalue weighted by Gasteiger charge is -2.11. The van der Waals surface area contributed by atoms with Gasteiger partial charge in [0, 0.05) is 23.0 Å². The number of anilines is 1. The molecule has 0 aliphatic rings. The number of amides is 1. The molecular formula is C23H30BrNO. The van der Waals surface area contributed by atoms with Crippen LogP contribution in [0.1, 0.15) is 57.8 Å². The van der Waals surface area contributed by atoms with E-state index in [1.54, 1.807) is 0 Å². The van der Waals surface area contributed by atoms with E-state index in [0.717, 1.165) is 35.0 Å². The molecule has 0 saturated carbocycles. The molecule has 0 saturated heterocycles. The fourth-order valence-corrected chi connectivity index (χ4v) is 3.51. The Labute approximate surface area is 166 Å². The third kappa shape index (κ3) is 7.74. The second kappa shape index (κ2) is 12.7. The summed E-state index contributed by atoms with van der Waals surface area (Å²) < 4.78 is 0. The average molecular weight is 416 g/mol. The predicted octanol–water partition coefficient (Wildman–Crippen LogP) is 7.20. The van der Waals surface area contributed by atoms with Gasteiger partial charge in [-0.3, -0.25) is 4.79 Å². The van der Waals surface area contributed by atoms with Crippen LogP contribution in [-0.2, 0) is 4.79 Å². The number of para-hydroxylation sites is 1. The number of halogens is 1. The van der Waals surface area contributed by atoms with E-state index >= 15 is 0 Å². The van der Waals surface area contributed by atoms with Crippen LogP contribution in [0.4, 0.5) is 5.69 Å². The molecule has 0 bridgehead atoms. The highest BCUT2D eigenvalue weighted by Gasteiger charge is 2.07. The topological polar surface area (TPSA) is 29.1 Å². The fourth-order valence-electron chi connectivity index (χ4n) is 3.11. The van der Waals surface area contributed by atoms with E-state index in [0.29, 0.717) is 6.42 Å². The van der Waals surface area contributed by atoms with Crippen molar-refractivity contribution in [1.29, 1.82) is 0 Å². The van der Waals surface area contributed by atoms with Crippen LogP contribution in [0, 0.1) is 0 Å². The third-order valence-corrected chi connectivity index (χ3v) is 5.13. The summed E-state index contributed by atoms with van der Waals surface area (Å²) in [5.74, 6) is 0.116. The number of carbonyl (C=O) groups is 1. The first kappa shape index (κ1) is 20.7. The third-order valence-electron chi connectivity index (χ3n) is 4.57. The van der Waals surface area contributed by atoms with E-state index in [-0.39, 0.29) is 5.91 Å². The van der Waals surface area contributed by atoms with Crippen molar-refractivity contribution in [2.24, 2.45) is 0 Å². The van der Waals surface area contributed by atoms with Gasteiger partial charge in [0.1, 0.15) is 0 Å². The molecule has 2 aromatic carbocycles. The second-order valence-corrected chi connectivity index (χ2v) is 7.52. The van der Waals surface area contributed by atoms with Gasteiger partial charge in [0.25, 0.3) is 0 Å². The van der Waals surface area contributed by atoms with Crippen molar-refractivity contribution in [2.75, 3.05) is 10.6 Å². The maximum absolute atomic E-state index is 12.3. The molecule has 0 fully saturated rings. The Bertz CT molecular complexity index is 642. The number of unbranched alkanes of at least 4 members (excludes halogenated alkanes) is 7. The molecular weight excluding hydrogens is 386 g/mol. The SMILES string of the molecule is O=C(CCCCCCCCCCBr)Nc1ccccc1-c1ccccc1. The van der Waals surface area contributed by atoms with Gasteiger partial charge < -0.3 is 5.32 Å². The Morgan fingerprint density at radius 1 is 0.731 bits per heavy atom. The number of benzene rings is 2. The Hall–Kier alpha value is -1.61. The average Bonchev–Trinajstić information content (AvgIpc) is 2.68. The van der Waals surface area contributed by atoms with Crippen molar-refractivity contribution in [3.8, 4) is 11.1 Å². The summed E-state index contributed by atoms with van der Waals surface area (Å²) in [4.78, 5) is 12.3. The molecule has 1 amide bonds. The summed E-state index contributed by atoms with van der Waals surface area (Å²) in [5.41, 5.74) is 3.10. The summed E-state index contributed by atoms with van der Waals surface area (Å²) in [6.07, 6.45) is 10.5. The van der Waals surface area contributed by atoms with E-state index < -0.39 is 0 Å². The zero-order chi connectivity index (χ0) is 18.5. The quantitative estimate of drug-likeness (QED) is 0.288. The van der Waals surface area contributed by atoms with Crippen LogP contribution in [0.2, 0.25) is 0 Å². The normalized spacial score (nSPS) is 10.7. The van der Waals surface area contributed by atoms with Crippen LogP contribution in [0.25, 0.3) is 11.1 Å². The second-order valence-electron chi connectivity index (χ2n) is 6.73. The molecule has 2 aromatic rings. The van der Waals surface area contributed by atoms with E-state index in [9.17, 15) is 4.79 Å². The predicted molar refractivity (Wildman–Crippen MR) is 116 cm³/mol. The molecule has 3 heteroatoms. The van der Waals surface area contributed by atoms with Gasteiger partial charge in [0.15, 0.2) is 0 Å². The Balaban J connectivity index is 1.69. The van der Waals surface area contributed by atoms with Crippen LogP contribution in [0.5, 0.6) is 0 Å². The van der Waals surface area contributed by atoms with Gasteiger partial charge >= 0.3 is 0 Å². The van der Waals surface area contributed by atoms with Crippen LogP contribution < -0.4 is 5.32 Å². The van der Waals surface area contributed by atoms with Gasteiger partial charge in [-0.05, 0) is 24.5 Å². The van der Waals surface area contributed by atoms with Crippen LogP contribution in [-0.4, -0.2) is 11.2 Å². The summed E-state index contributed by atoms with van der Waals surface area (Å²) in [5, 5.41) is 4.21. The first-order valence-electron chi connectivity index (χ1n) is 9.81. The highest BCUT2D eigenvalue weighted by Crippen LogP contribution is 2.27. The maximum Gasteiger partial charge on any atom is 0.224 e. The molecule has 1 N–H and O–H groups in total. The molecule has 0 aliphatic carbocycles. The van der Waals surface area contributed by atoms with Gasteiger partial charge in [-0.2, -0.15) is 0 Å². The molecule has 140 valence electrons. The molecule has 0 heterocycles. The summed E-state index contributed by atoms with van der Waals surface area (Å²) in [6.45, 7) is 0. The van der Waals surface area contributed by atoms with Crippen molar-refractivity contribution in [2.45, 2.75) is 57.8 Å². The zero-order valence-corrected chi connectivity index (χ0v) is 17.1. The summed E-state index contributed by atoms with van der Waals surface area (Å²) in [6, 6.07) is 18.2. The highest BCUT2D eigenvalue weighted by molar-refractivity contribution is 9.09. The Morgan fingerprint density at radius 2 is 1.31 bits per heavy atom. The fraction of sp³-hybridized carbons (Fsp3) is 0.435. The Kier molecular flexibility index (Phi) is 10.1. The molecule has 0 aromatic heterocycles. The molecule has 0 radical (unpaired) electrons. The van der Waals surface area contributed by atoms with Crippen LogP contribution >= 0.6 is 15.9 Å². The molecule has 26 heavy (non-hydrogen) atoms. The van der Waals surface area contributed by atoms with Gasteiger partial charge in [-0.1, -0.05) is 103 Å².